The van der Waals surface area contributed by atoms with Crippen LogP contribution in [-0.2, 0) is 13.1 Å². The van der Waals surface area contributed by atoms with E-state index in [1.807, 2.05) is 65.0 Å². The molecule has 0 unspecified atom stereocenters. The number of amides is 1. The molecule has 35 heavy (non-hydrogen) atoms. The lowest BCUT2D eigenvalue weighted by Crippen LogP contribution is -2.27. The molecule has 5 rings (SSSR count). The van der Waals surface area contributed by atoms with Gasteiger partial charge in [-0.15, -0.1) is 0 Å². The Morgan fingerprint density at radius 1 is 1.03 bits per heavy atom. The van der Waals surface area contributed by atoms with Crippen LogP contribution in [0.3, 0.4) is 0 Å². The summed E-state index contributed by atoms with van der Waals surface area (Å²) in [7, 11) is 2.81. The quantitative estimate of drug-likeness (QED) is 0.309. The standard InChI is InChI=1S/C25H23N5O5/c1-16-8-4-5-9-20(16)29-24(27-10-6-7-11-27)18-14-28(15-19(18)26-29)25(31)17-12-22(34-2)23(35-3)13-21(17)30(32)33/h4-13H,14-15H2,1-3H3. The van der Waals surface area contributed by atoms with Crippen molar-refractivity contribution in [1.82, 2.24) is 19.2 Å². The maximum Gasteiger partial charge on any atom is 0.286 e. The average molecular weight is 473 g/mol. The predicted molar refractivity (Wildman–Crippen MR) is 127 cm³/mol. The van der Waals surface area contributed by atoms with Gasteiger partial charge < -0.3 is 18.9 Å². The van der Waals surface area contributed by atoms with Crippen molar-refractivity contribution >= 4 is 11.6 Å². The van der Waals surface area contributed by atoms with Crippen LogP contribution in [0.5, 0.6) is 11.5 Å². The SMILES string of the molecule is COc1cc(C(=O)N2Cc3nn(-c4ccccc4C)c(-n4cccc4)c3C2)c([N+](=O)[O-])cc1OC. The molecule has 1 aliphatic heterocycles. The van der Waals surface area contributed by atoms with E-state index in [1.54, 1.807) is 4.90 Å². The summed E-state index contributed by atoms with van der Waals surface area (Å²) in [6.45, 7) is 2.51. The Morgan fingerprint density at radius 2 is 1.71 bits per heavy atom. The first kappa shape index (κ1) is 22.2. The molecular weight excluding hydrogens is 450 g/mol. The number of para-hydroxylation sites is 1. The highest BCUT2D eigenvalue weighted by Gasteiger charge is 2.35. The fraction of sp³-hybridized carbons (Fsp3) is 0.200. The molecule has 178 valence electrons. The lowest BCUT2D eigenvalue weighted by atomic mass is 10.1. The molecular formula is C25H23N5O5. The van der Waals surface area contributed by atoms with E-state index in [0.717, 1.165) is 28.3 Å². The Kier molecular flexibility index (Phi) is 5.48. The van der Waals surface area contributed by atoms with Crippen molar-refractivity contribution in [1.29, 1.82) is 0 Å². The van der Waals surface area contributed by atoms with E-state index in [0.29, 0.717) is 0 Å². The topological polar surface area (TPSA) is 105 Å². The minimum atomic E-state index is -0.589. The highest BCUT2D eigenvalue weighted by Crippen LogP contribution is 2.37. The van der Waals surface area contributed by atoms with Gasteiger partial charge in [-0.05, 0) is 30.7 Å². The van der Waals surface area contributed by atoms with Crippen LogP contribution in [-0.4, -0.2) is 44.3 Å². The number of ether oxygens (including phenoxy) is 2. The summed E-state index contributed by atoms with van der Waals surface area (Å²) >= 11 is 0. The van der Waals surface area contributed by atoms with Crippen LogP contribution in [0.1, 0.15) is 27.2 Å². The van der Waals surface area contributed by atoms with E-state index < -0.39 is 10.8 Å². The molecule has 2 aromatic heterocycles. The van der Waals surface area contributed by atoms with Gasteiger partial charge in [0, 0.05) is 24.0 Å². The number of aromatic nitrogens is 3. The minimum absolute atomic E-state index is 0.0629. The fourth-order valence-electron chi connectivity index (χ4n) is 4.42. The van der Waals surface area contributed by atoms with E-state index in [2.05, 4.69) is 0 Å². The number of carbonyl (C=O) groups excluding carboxylic acids is 1. The summed E-state index contributed by atoms with van der Waals surface area (Å²) in [5.41, 5.74) is 3.24. The second kappa shape index (κ2) is 8.64. The molecule has 0 N–H and O–H groups in total. The second-order valence-electron chi connectivity index (χ2n) is 8.18. The second-order valence-corrected chi connectivity index (χ2v) is 8.18. The molecule has 0 aliphatic carbocycles. The largest absolute Gasteiger partial charge is 0.493 e. The molecule has 0 saturated heterocycles. The van der Waals surface area contributed by atoms with Crippen LogP contribution in [0, 0.1) is 17.0 Å². The summed E-state index contributed by atoms with van der Waals surface area (Å²) in [6.07, 6.45) is 3.85. The van der Waals surface area contributed by atoms with Gasteiger partial charge in [0.05, 0.1) is 49.7 Å². The molecule has 0 spiro atoms. The van der Waals surface area contributed by atoms with Gasteiger partial charge in [0.15, 0.2) is 11.5 Å². The van der Waals surface area contributed by atoms with Gasteiger partial charge in [0.2, 0.25) is 0 Å². The molecule has 3 heterocycles. The van der Waals surface area contributed by atoms with Gasteiger partial charge in [0.25, 0.3) is 11.6 Å². The smallest absolute Gasteiger partial charge is 0.286 e. The molecule has 0 saturated carbocycles. The Bertz CT molecular complexity index is 1440. The number of hydrogen-bond acceptors (Lipinski definition) is 6. The van der Waals surface area contributed by atoms with Crippen molar-refractivity contribution < 1.29 is 19.2 Å². The van der Waals surface area contributed by atoms with E-state index in [9.17, 15) is 14.9 Å². The average Bonchev–Trinajstić information content (AvgIpc) is 3.59. The van der Waals surface area contributed by atoms with Crippen molar-refractivity contribution in [3.8, 4) is 23.0 Å². The van der Waals surface area contributed by atoms with Gasteiger partial charge in [-0.3, -0.25) is 14.9 Å². The number of nitro groups is 1. The Balaban J connectivity index is 1.56. The summed E-state index contributed by atoms with van der Waals surface area (Å²) < 4.78 is 14.3. The first-order chi connectivity index (χ1) is 16.9. The molecule has 2 aromatic carbocycles. The third kappa shape index (κ3) is 3.68. The number of nitro benzene ring substituents is 1. The molecule has 1 aliphatic rings. The van der Waals surface area contributed by atoms with E-state index in [-0.39, 0.29) is 35.8 Å². The monoisotopic (exact) mass is 473 g/mol. The van der Waals surface area contributed by atoms with Crippen LogP contribution in [0.4, 0.5) is 5.69 Å². The Hall–Kier alpha value is -4.60. The molecule has 0 radical (unpaired) electrons. The number of methoxy groups -OCH3 is 2. The Morgan fingerprint density at radius 3 is 2.37 bits per heavy atom. The van der Waals surface area contributed by atoms with Gasteiger partial charge >= 0.3 is 0 Å². The predicted octanol–water partition coefficient (Wildman–Crippen LogP) is 4.05. The maximum absolute atomic E-state index is 13.5. The summed E-state index contributed by atoms with van der Waals surface area (Å²) in [5, 5.41) is 16.6. The lowest BCUT2D eigenvalue weighted by Gasteiger charge is -2.19. The number of benzene rings is 2. The third-order valence-electron chi connectivity index (χ3n) is 6.14. The van der Waals surface area contributed by atoms with Crippen LogP contribution in [0.2, 0.25) is 0 Å². The molecule has 10 heteroatoms. The number of nitrogens with zero attached hydrogens (tertiary/aromatic N) is 5. The van der Waals surface area contributed by atoms with E-state index >= 15 is 0 Å². The molecule has 1 amide bonds. The van der Waals surface area contributed by atoms with Gasteiger partial charge in [0.1, 0.15) is 11.4 Å². The number of carbonyl (C=O) groups is 1. The molecule has 0 atom stereocenters. The zero-order valence-corrected chi connectivity index (χ0v) is 19.5. The third-order valence-corrected chi connectivity index (χ3v) is 6.14. The van der Waals surface area contributed by atoms with Crippen LogP contribution in [0.25, 0.3) is 11.5 Å². The van der Waals surface area contributed by atoms with Crippen LogP contribution < -0.4 is 9.47 Å². The zero-order valence-electron chi connectivity index (χ0n) is 19.5. The van der Waals surface area contributed by atoms with Crippen molar-refractivity contribution in [2.24, 2.45) is 0 Å². The number of fused-ring (bicyclic) bond motifs is 1. The van der Waals surface area contributed by atoms with Gasteiger partial charge in [-0.1, -0.05) is 18.2 Å². The summed E-state index contributed by atoms with van der Waals surface area (Å²) in [6, 6.07) is 14.4. The first-order valence-corrected chi connectivity index (χ1v) is 10.9. The highest BCUT2D eigenvalue weighted by molar-refractivity contribution is 5.99. The number of rotatable bonds is 6. The van der Waals surface area contributed by atoms with Crippen molar-refractivity contribution in [3.63, 3.8) is 0 Å². The minimum Gasteiger partial charge on any atom is -0.493 e. The van der Waals surface area contributed by atoms with Crippen LogP contribution >= 0.6 is 0 Å². The Labute approximate surface area is 201 Å². The van der Waals surface area contributed by atoms with Gasteiger partial charge in [-0.25, -0.2) is 4.68 Å². The molecule has 4 aromatic rings. The number of hydrogen-bond donors (Lipinski definition) is 0. The normalized spacial score (nSPS) is 12.5. The van der Waals surface area contributed by atoms with Crippen molar-refractivity contribution in [2.45, 2.75) is 20.0 Å². The summed E-state index contributed by atoms with van der Waals surface area (Å²) in [5.74, 6) is 0.786. The number of aryl methyl sites for hydroxylation is 1. The zero-order chi connectivity index (χ0) is 24.7. The molecule has 0 fully saturated rings. The summed E-state index contributed by atoms with van der Waals surface area (Å²) in [4.78, 5) is 26.2. The molecule has 0 bridgehead atoms. The van der Waals surface area contributed by atoms with Gasteiger partial charge in [-0.2, -0.15) is 5.10 Å². The van der Waals surface area contributed by atoms with E-state index in [1.165, 1.54) is 26.4 Å². The maximum atomic E-state index is 13.5. The van der Waals surface area contributed by atoms with E-state index in [4.69, 9.17) is 14.6 Å². The highest BCUT2D eigenvalue weighted by atomic mass is 16.6. The van der Waals surface area contributed by atoms with Crippen molar-refractivity contribution in [3.05, 3.63) is 93.4 Å². The lowest BCUT2D eigenvalue weighted by molar-refractivity contribution is -0.385. The van der Waals surface area contributed by atoms with Crippen LogP contribution in [0.15, 0.2) is 60.9 Å². The fourth-order valence-corrected chi connectivity index (χ4v) is 4.42. The van der Waals surface area contributed by atoms with Crippen molar-refractivity contribution in [2.75, 3.05) is 14.2 Å². The first-order valence-electron chi connectivity index (χ1n) is 10.9. The molecule has 10 nitrogen and oxygen atoms in total.